The largest absolute Gasteiger partial charge is 0.480 e. The summed E-state index contributed by atoms with van der Waals surface area (Å²) in [6, 6.07) is -0.504. The van der Waals surface area contributed by atoms with Crippen molar-refractivity contribution in [1.82, 2.24) is 9.80 Å². The maximum absolute atomic E-state index is 12.1. The third-order valence-corrected chi connectivity index (χ3v) is 4.34. The van der Waals surface area contributed by atoms with Crippen LogP contribution >= 0.6 is 0 Å². The maximum atomic E-state index is 12.1. The first-order valence-corrected chi connectivity index (χ1v) is 9.29. The zero-order chi connectivity index (χ0) is 19.9. The van der Waals surface area contributed by atoms with Gasteiger partial charge in [-0.1, -0.05) is 6.42 Å². The molecule has 1 heterocycles. The van der Waals surface area contributed by atoms with Crippen molar-refractivity contribution < 1.29 is 19.4 Å². The molecule has 150 valence electrons. The van der Waals surface area contributed by atoms with Crippen LogP contribution in [0.15, 0.2) is 0 Å². The molecule has 1 rings (SSSR count). The van der Waals surface area contributed by atoms with Crippen LogP contribution in [0.2, 0.25) is 0 Å². The minimum absolute atomic E-state index is 0.0917. The molecule has 0 aliphatic carbocycles. The number of likely N-dealkylation sites (tertiary alicyclic amines) is 1. The average Bonchev–Trinajstić information content (AvgIpc) is 2.92. The Hall–Kier alpha value is -1.67. The molecule has 0 radical (unpaired) electrons. The number of nitrogens with zero attached hydrogens (tertiary/aromatic N) is 2. The highest BCUT2D eigenvalue weighted by molar-refractivity contribution is 5.92. The van der Waals surface area contributed by atoms with Crippen LogP contribution < -0.4 is 5.73 Å². The summed E-state index contributed by atoms with van der Waals surface area (Å²) in [6.45, 7) is 8.73. The molecule has 0 aromatic rings. The summed E-state index contributed by atoms with van der Waals surface area (Å²) in [4.78, 5) is 26.6. The zero-order valence-electron chi connectivity index (χ0n) is 16.5. The second-order valence-electron chi connectivity index (χ2n) is 7.96. The van der Waals surface area contributed by atoms with Crippen molar-refractivity contribution in [3.63, 3.8) is 0 Å². The molecule has 2 atom stereocenters. The van der Waals surface area contributed by atoms with E-state index in [2.05, 4.69) is 0 Å². The van der Waals surface area contributed by atoms with E-state index in [0.29, 0.717) is 25.9 Å². The van der Waals surface area contributed by atoms with E-state index in [4.69, 9.17) is 15.9 Å². The minimum Gasteiger partial charge on any atom is -0.480 e. The standard InChI is InChI=1S/C18H34N4O4/c1-13(19)22(17(25)26-18(2,3)4)11-6-5-8-14(20)12-21-10-7-9-15(21)16(23)24/h14-15,19H,5-12,20H2,1-4H3,(H,23,24)/t14-,15-/m0/s1. The van der Waals surface area contributed by atoms with Crippen molar-refractivity contribution in [2.45, 2.75) is 77.5 Å². The third-order valence-electron chi connectivity index (χ3n) is 4.34. The number of nitrogens with one attached hydrogen (secondary N) is 1. The molecule has 0 bridgehead atoms. The van der Waals surface area contributed by atoms with E-state index in [-0.39, 0.29) is 11.9 Å². The number of ether oxygens (including phenoxy) is 1. The second kappa shape index (κ2) is 9.87. The summed E-state index contributed by atoms with van der Waals surface area (Å²) in [6.07, 6.45) is 3.35. The Bertz CT molecular complexity index is 504. The first-order valence-electron chi connectivity index (χ1n) is 9.29. The summed E-state index contributed by atoms with van der Waals surface area (Å²) in [5.41, 5.74) is 5.56. The van der Waals surface area contributed by atoms with Crippen molar-refractivity contribution in [1.29, 1.82) is 5.41 Å². The number of nitrogens with two attached hydrogens (primary N) is 1. The number of carbonyl (C=O) groups is 2. The van der Waals surface area contributed by atoms with Gasteiger partial charge in [0.2, 0.25) is 0 Å². The Labute approximate surface area is 156 Å². The molecule has 0 saturated carbocycles. The third kappa shape index (κ3) is 7.70. The van der Waals surface area contributed by atoms with Gasteiger partial charge in [-0.25, -0.2) is 4.79 Å². The highest BCUT2D eigenvalue weighted by Gasteiger charge is 2.31. The molecule has 0 spiro atoms. The van der Waals surface area contributed by atoms with Crippen molar-refractivity contribution in [2.24, 2.45) is 5.73 Å². The zero-order valence-corrected chi connectivity index (χ0v) is 16.5. The molecule has 8 nitrogen and oxygen atoms in total. The van der Waals surface area contributed by atoms with Gasteiger partial charge in [-0.3, -0.25) is 20.0 Å². The average molecular weight is 370 g/mol. The lowest BCUT2D eigenvalue weighted by atomic mass is 10.1. The minimum atomic E-state index is -0.774. The number of carbonyl (C=O) groups excluding carboxylic acids is 1. The Balaban J connectivity index is 2.35. The Kier molecular flexibility index (Phi) is 8.49. The van der Waals surface area contributed by atoms with Crippen LogP contribution in [0.25, 0.3) is 0 Å². The molecule has 1 amide bonds. The van der Waals surface area contributed by atoms with Gasteiger partial charge in [0.25, 0.3) is 0 Å². The number of amides is 1. The molecule has 4 N–H and O–H groups in total. The van der Waals surface area contributed by atoms with Crippen LogP contribution in [0, 0.1) is 5.41 Å². The number of aliphatic carboxylic acids is 1. The quantitative estimate of drug-likeness (QED) is 0.342. The van der Waals surface area contributed by atoms with Crippen LogP contribution in [0.5, 0.6) is 0 Å². The molecule has 1 saturated heterocycles. The SMILES string of the molecule is CC(=N)N(CCCC[C@H](N)CN1CCC[C@H]1C(=O)O)C(=O)OC(C)(C)C. The molecular formula is C18H34N4O4. The summed E-state index contributed by atoms with van der Waals surface area (Å²) in [7, 11) is 0. The number of hydrogen-bond donors (Lipinski definition) is 3. The molecule has 8 heteroatoms. The highest BCUT2D eigenvalue weighted by Crippen LogP contribution is 2.18. The predicted molar refractivity (Wildman–Crippen MR) is 100 cm³/mol. The maximum Gasteiger partial charge on any atom is 0.415 e. The fourth-order valence-electron chi connectivity index (χ4n) is 3.11. The Morgan fingerprint density at radius 2 is 2.04 bits per heavy atom. The van der Waals surface area contributed by atoms with E-state index in [9.17, 15) is 14.7 Å². The normalized spacial score (nSPS) is 19.2. The predicted octanol–water partition coefficient (Wildman–Crippen LogP) is 2.27. The fourth-order valence-corrected chi connectivity index (χ4v) is 3.11. The van der Waals surface area contributed by atoms with Gasteiger partial charge < -0.3 is 15.6 Å². The first-order chi connectivity index (χ1) is 12.0. The van der Waals surface area contributed by atoms with Crippen molar-refractivity contribution in [3.8, 4) is 0 Å². The van der Waals surface area contributed by atoms with Crippen LogP contribution in [0.4, 0.5) is 4.79 Å². The van der Waals surface area contributed by atoms with E-state index in [1.165, 1.54) is 4.90 Å². The smallest absolute Gasteiger partial charge is 0.415 e. The van der Waals surface area contributed by atoms with Crippen molar-refractivity contribution in [2.75, 3.05) is 19.6 Å². The number of carboxylic acid groups (broad SMARTS) is 1. The van der Waals surface area contributed by atoms with Crippen LogP contribution in [0.3, 0.4) is 0 Å². The van der Waals surface area contributed by atoms with E-state index < -0.39 is 23.7 Å². The van der Waals surface area contributed by atoms with E-state index in [1.54, 1.807) is 27.7 Å². The van der Waals surface area contributed by atoms with Gasteiger partial charge in [-0.05, 0) is 59.9 Å². The molecule has 1 aliphatic heterocycles. The van der Waals surface area contributed by atoms with Crippen LogP contribution in [0.1, 0.15) is 59.8 Å². The van der Waals surface area contributed by atoms with Crippen LogP contribution in [-0.4, -0.2) is 70.1 Å². The van der Waals surface area contributed by atoms with E-state index in [0.717, 1.165) is 25.8 Å². The summed E-state index contributed by atoms with van der Waals surface area (Å²) in [5.74, 6) is -0.617. The lowest BCUT2D eigenvalue weighted by Crippen LogP contribution is -2.43. The van der Waals surface area contributed by atoms with Crippen molar-refractivity contribution in [3.05, 3.63) is 0 Å². The van der Waals surface area contributed by atoms with E-state index >= 15 is 0 Å². The second-order valence-corrected chi connectivity index (χ2v) is 7.96. The number of rotatable bonds is 8. The monoisotopic (exact) mass is 370 g/mol. The molecule has 1 aliphatic rings. The van der Waals surface area contributed by atoms with Crippen LogP contribution in [-0.2, 0) is 9.53 Å². The molecule has 1 fully saturated rings. The highest BCUT2D eigenvalue weighted by atomic mass is 16.6. The van der Waals surface area contributed by atoms with Gasteiger partial charge in [-0.2, -0.15) is 0 Å². The summed E-state index contributed by atoms with van der Waals surface area (Å²) < 4.78 is 5.32. The topological polar surface area (TPSA) is 120 Å². The summed E-state index contributed by atoms with van der Waals surface area (Å²) in [5, 5.41) is 17.0. The lowest BCUT2D eigenvalue weighted by molar-refractivity contribution is -0.142. The van der Waals surface area contributed by atoms with Crippen molar-refractivity contribution >= 4 is 17.9 Å². The fraction of sp³-hybridized carbons (Fsp3) is 0.833. The molecular weight excluding hydrogens is 336 g/mol. The van der Waals surface area contributed by atoms with Gasteiger partial charge in [0.05, 0.1) is 0 Å². The number of carboxylic acids is 1. The van der Waals surface area contributed by atoms with E-state index in [1.807, 2.05) is 4.90 Å². The Morgan fingerprint density at radius 3 is 2.58 bits per heavy atom. The molecule has 0 aromatic heterocycles. The molecule has 0 unspecified atom stereocenters. The molecule has 26 heavy (non-hydrogen) atoms. The molecule has 0 aromatic carbocycles. The summed E-state index contributed by atoms with van der Waals surface area (Å²) >= 11 is 0. The lowest BCUT2D eigenvalue weighted by Gasteiger charge is -2.27. The number of hydrogen-bond acceptors (Lipinski definition) is 6. The number of unbranched alkanes of at least 4 members (excludes halogenated alkanes) is 1. The number of amidine groups is 1. The van der Waals surface area contributed by atoms with Gasteiger partial charge >= 0.3 is 12.1 Å². The van der Waals surface area contributed by atoms with Gasteiger partial charge in [0, 0.05) is 19.1 Å². The first kappa shape index (κ1) is 22.4. The van der Waals surface area contributed by atoms with Gasteiger partial charge in [0.1, 0.15) is 17.5 Å². The van der Waals surface area contributed by atoms with Gasteiger partial charge in [0.15, 0.2) is 0 Å². The Morgan fingerprint density at radius 1 is 1.38 bits per heavy atom. The van der Waals surface area contributed by atoms with Gasteiger partial charge in [-0.15, -0.1) is 0 Å².